The van der Waals surface area contributed by atoms with Gasteiger partial charge in [0.1, 0.15) is 0 Å². The molecule has 1 amide bonds. The Morgan fingerprint density at radius 1 is 1.12 bits per heavy atom. The van der Waals surface area contributed by atoms with Gasteiger partial charge in [-0.3, -0.25) is 4.79 Å². The van der Waals surface area contributed by atoms with Crippen molar-refractivity contribution in [3.8, 4) is 0 Å². The summed E-state index contributed by atoms with van der Waals surface area (Å²) < 4.78 is 4.88. The van der Waals surface area contributed by atoms with Gasteiger partial charge in [0, 0.05) is 18.7 Å². The number of esters is 1. The molecule has 1 aliphatic rings. The highest BCUT2D eigenvalue weighted by Gasteiger charge is 2.27. The molecule has 2 aromatic carbocycles. The first-order valence-electron chi connectivity index (χ1n) is 8.67. The maximum Gasteiger partial charge on any atom is 0.338 e. The zero-order valence-electron chi connectivity index (χ0n) is 14.7. The number of fused-ring (bicyclic) bond motifs is 1. The molecule has 0 bridgehead atoms. The third-order valence-electron chi connectivity index (χ3n) is 4.81. The maximum atomic E-state index is 12.9. The summed E-state index contributed by atoms with van der Waals surface area (Å²) in [5.74, 6) is -0.0917. The average Bonchev–Trinajstić information content (AvgIpc) is 2.67. The molecule has 25 heavy (non-hydrogen) atoms. The quantitative estimate of drug-likeness (QED) is 0.794. The van der Waals surface area contributed by atoms with Crippen LogP contribution < -0.4 is 4.90 Å². The van der Waals surface area contributed by atoms with Crippen molar-refractivity contribution in [1.82, 2.24) is 0 Å². The largest absolute Gasteiger partial charge is 0.465 e. The highest BCUT2D eigenvalue weighted by Crippen LogP contribution is 2.32. The van der Waals surface area contributed by atoms with Gasteiger partial charge >= 0.3 is 5.97 Å². The molecule has 0 fully saturated rings. The molecule has 1 heterocycles. The molecule has 2 aromatic rings. The molecule has 0 spiro atoms. The number of hydrogen-bond donors (Lipinski definition) is 0. The summed E-state index contributed by atoms with van der Waals surface area (Å²) in [4.78, 5) is 26.7. The van der Waals surface area contributed by atoms with Crippen LogP contribution in [0.2, 0.25) is 0 Å². The van der Waals surface area contributed by atoms with E-state index < -0.39 is 0 Å². The van der Waals surface area contributed by atoms with Gasteiger partial charge in [-0.2, -0.15) is 0 Å². The summed E-state index contributed by atoms with van der Waals surface area (Å²) in [7, 11) is 1.38. The molecule has 0 saturated carbocycles. The van der Waals surface area contributed by atoms with Crippen LogP contribution in [0.5, 0.6) is 0 Å². The van der Waals surface area contributed by atoms with E-state index in [-0.39, 0.29) is 17.8 Å². The third kappa shape index (κ3) is 3.58. The molecule has 3 rings (SSSR count). The summed E-state index contributed by atoms with van der Waals surface area (Å²) in [6.45, 7) is 2.76. The molecule has 0 saturated heterocycles. The molecular formula is C21H23NO3. The summed E-state index contributed by atoms with van der Waals surface area (Å²) in [6.07, 6.45) is 2.09. The van der Waals surface area contributed by atoms with Crippen molar-refractivity contribution in [3.63, 3.8) is 0 Å². The Hall–Kier alpha value is -2.62. The van der Waals surface area contributed by atoms with E-state index in [0.29, 0.717) is 18.5 Å². The predicted molar refractivity (Wildman–Crippen MR) is 97.9 cm³/mol. The van der Waals surface area contributed by atoms with Crippen molar-refractivity contribution < 1.29 is 14.3 Å². The van der Waals surface area contributed by atoms with Gasteiger partial charge in [0.25, 0.3) is 0 Å². The van der Waals surface area contributed by atoms with Gasteiger partial charge in [-0.25, -0.2) is 4.79 Å². The lowest BCUT2D eigenvalue weighted by atomic mass is 9.94. The fourth-order valence-electron chi connectivity index (χ4n) is 3.46. The van der Waals surface area contributed by atoms with Crippen LogP contribution in [-0.2, 0) is 16.0 Å². The summed E-state index contributed by atoms with van der Waals surface area (Å²) in [6, 6.07) is 15.6. The number of anilines is 1. The lowest BCUT2D eigenvalue weighted by molar-refractivity contribution is -0.119. The van der Waals surface area contributed by atoms with Crippen LogP contribution >= 0.6 is 0 Å². The standard InChI is InChI=1S/C21H23NO3/c1-15(16-8-4-3-5-9-16)14-20(23)22-13-7-11-17-18(21(24)25-2)10-6-12-19(17)22/h3-6,8-10,12,15H,7,11,13-14H2,1-2H3/t15-/m1/s1. The van der Waals surface area contributed by atoms with Crippen LogP contribution in [-0.4, -0.2) is 25.5 Å². The highest BCUT2D eigenvalue weighted by molar-refractivity contribution is 5.99. The molecule has 4 heteroatoms. The summed E-state index contributed by atoms with van der Waals surface area (Å²) in [5, 5.41) is 0. The van der Waals surface area contributed by atoms with Crippen molar-refractivity contribution >= 4 is 17.6 Å². The fourth-order valence-corrected chi connectivity index (χ4v) is 3.46. The van der Waals surface area contributed by atoms with Crippen molar-refractivity contribution in [2.24, 2.45) is 0 Å². The molecule has 0 aromatic heterocycles. The van der Waals surface area contributed by atoms with Crippen LogP contribution in [0.3, 0.4) is 0 Å². The molecule has 4 nitrogen and oxygen atoms in total. The summed E-state index contributed by atoms with van der Waals surface area (Å²) >= 11 is 0. The Morgan fingerprint density at radius 3 is 2.60 bits per heavy atom. The molecule has 0 N–H and O–H groups in total. The van der Waals surface area contributed by atoms with Gasteiger partial charge in [0.15, 0.2) is 0 Å². The number of hydrogen-bond acceptors (Lipinski definition) is 3. The number of ether oxygens (including phenoxy) is 1. The smallest absolute Gasteiger partial charge is 0.338 e. The first-order chi connectivity index (χ1) is 12.1. The number of nitrogens with zero attached hydrogens (tertiary/aromatic N) is 1. The van der Waals surface area contributed by atoms with Crippen LogP contribution in [0.4, 0.5) is 5.69 Å². The van der Waals surface area contributed by atoms with E-state index in [1.54, 1.807) is 6.07 Å². The number of rotatable bonds is 4. The molecule has 1 aliphatic heterocycles. The lowest BCUT2D eigenvalue weighted by Crippen LogP contribution is -2.36. The van der Waals surface area contributed by atoms with E-state index in [1.807, 2.05) is 35.2 Å². The number of amides is 1. The van der Waals surface area contributed by atoms with E-state index in [2.05, 4.69) is 19.1 Å². The SMILES string of the molecule is COC(=O)c1cccc2c1CCCN2C(=O)C[C@@H](C)c1ccccc1. The zero-order chi connectivity index (χ0) is 17.8. The van der Waals surface area contributed by atoms with Crippen molar-refractivity contribution in [2.75, 3.05) is 18.6 Å². The Balaban J connectivity index is 1.83. The Morgan fingerprint density at radius 2 is 1.88 bits per heavy atom. The van der Waals surface area contributed by atoms with Crippen molar-refractivity contribution in [2.45, 2.75) is 32.1 Å². The second kappa shape index (κ2) is 7.51. The maximum absolute atomic E-state index is 12.9. The van der Waals surface area contributed by atoms with Gasteiger partial charge in [-0.1, -0.05) is 43.3 Å². The number of carbonyl (C=O) groups is 2. The van der Waals surface area contributed by atoms with Crippen molar-refractivity contribution in [3.05, 3.63) is 65.2 Å². The van der Waals surface area contributed by atoms with Gasteiger partial charge in [-0.15, -0.1) is 0 Å². The van der Waals surface area contributed by atoms with Gasteiger partial charge in [-0.05, 0) is 42.0 Å². The molecule has 0 radical (unpaired) electrons. The third-order valence-corrected chi connectivity index (χ3v) is 4.81. The number of benzene rings is 2. The average molecular weight is 337 g/mol. The minimum absolute atomic E-state index is 0.0966. The van der Waals surface area contributed by atoms with E-state index in [4.69, 9.17) is 4.74 Å². The topological polar surface area (TPSA) is 46.6 Å². The fraction of sp³-hybridized carbons (Fsp3) is 0.333. The minimum atomic E-state index is -0.344. The van der Waals surface area contributed by atoms with Crippen LogP contribution in [0.25, 0.3) is 0 Å². The van der Waals surface area contributed by atoms with Crippen LogP contribution in [0, 0.1) is 0 Å². The molecule has 130 valence electrons. The van der Waals surface area contributed by atoms with Gasteiger partial charge in [0.05, 0.1) is 12.7 Å². The normalized spacial score (nSPS) is 14.6. The molecule has 1 atom stereocenters. The van der Waals surface area contributed by atoms with E-state index in [0.717, 1.165) is 29.7 Å². The van der Waals surface area contributed by atoms with Gasteiger partial charge in [0.2, 0.25) is 5.91 Å². The Kier molecular flexibility index (Phi) is 5.17. The highest BCUT2D eigenvalue weighted by atomic mass is 16.5. The van der Waals surface area contributed by atoms with Crippen LogP contribution in [0.15, 0.2) is 48.5 Å². The van der Waals surface area contributed by atoms with E-state index >= 15 is 0 Å². The summed E-state index contributed by atoms with van der Waals surface area (Å²) in [5.41, 5.74) is 3.49. The van der Waals surface area contributed by atoms with Crippen LogP contribution in [0.1, 0.15) is 47.2 Å². The zero-order valence-corrected chi connectivity index (χ0v) is 14.7. The molecule has 0 aliphatic carbocycles. The second-order valence-corrected chi connectivity index (χ2v) is 6.46. The Bertz CT molecular complexity index is 770. The first-order valence-corrected chi connectivity index (χ1v) is 8.67. The van der Waals surface area contributed by atoms with Gasteiger partial charge < -0.3 is 9.64 Å². The Labute approximate surface area is 148 Å². The van der Waals surface area contributed by atoms with Crippen molar-refractivity contribution in [1.29, 1.82) is 0 Å². The van der Waals surface area contributed by atoms with E-state index in [9.17, 15) is 9.59 Å². The number of methoxy groups -OCH3 is 1. The molecule has 0 unspecified atom stereocenters. The number of carbonyl (C=O) groups excluding carboxylic acids is 2. The first kappa shape index (κ1) is 17.2. The predicted octanol–water partition coefficient (Wildman–Crippen LogP) is 3.95. The minimum Gasteiger partial charge on any atom is -0.465 e. The monoisotopic (exact) mass is 337 g/mol. The van der Waals surface area contributed by atoms with E-state index in [1.165, 1.54) is 7.11 Å². The molecular weight excluding hydrogens is 314 g/mol. The second-order valence-electron chi connectivity index (χ2n) is 6.46. The lowest BCUT2D eigenvalue weighted by Gasteiger charge is -2.31.